The summed E-state index contributed by atoms with van der Waals surface area (Å²) in [6, 6.07) is 9.10. The van der Waals surface area contributed by atoms with Gasteiger partial charge in [0.1, 0.15) is 6.54 Å². The van der Waals surface area contributed by atoms with Crippen molar-refractivity contribution < 1.29 is 5.32 Å². The molecule has 1 saturated carbocycles. The molecule has 0 unspecified atom stereocenters. The number of rotatable bonds is 3. The second-order valence-electron chi connectivity index (χ2n) is 5.17. The van der Waals surface area contributed by atoms with Crippen molar-refractivity contribution in [2.75, 3.05) is 0 Å². The zero-order valence-corrected chi connectivity index (χ0v) is 11.3. The van der Waals surface area contributed by atoms with Gasteiger partial charge in [-0.15, -0.1) is 0 Å². The van der Waals surface area contributed by atoms with Crippen molar-refractivity contribution >= 4 is 11.6 Å². The topological polar surface area (TPSA) is 16.6 Å². The number of nitrogens with two attached hydrogens (primary N) is 1. The summed E-state index contributed by atoms with van der Waals surface area (Å²) in [5, 5.41) is 3.36. The largest absolute Gasteiger partial charge is 0.340 e. The second kappa shape index (κ2) is 7.03. The SMILES string of the molecule is Clc1ccc(C[NH2+]C2CCCCCCC2)cc1. The predicted octanol–water partition coefficient (Wildman–Crippen LogP) is 3.52. The van der Waals surface area contributed by atoms with Gasteiger partial charge in [0.05, 0.1) is 6.04 Å². The molecule has 1 fully saturated rings. The van der Waals surface area contributed by atoms with Gasteiger partial charge in [-0.05, 0) is 37.8 Å². The summed E-state index contributed by atoms with van der Waals surface area (Å²) in [5.74, 6) is 0. The van der Waals surface area contributed by atoms with Gasteiger partial charge >= 0.3 is 0 Å². The summed E-state index contributed by atoms with van der Waals surface area (Å²) < 4.78 is 0. The first-order valence-corrected chi connectivity index (χ1v) is 7.30. The Morgan fingerprint density at radius 2 is 1.53 bits per heavy atom. The van der Waals surface area contributed by atoms with Crippen molar-refractivity contribution in [1.82, 2.24) is 0 Å². The average molecular weight is 253 g/mol. The molecule has 1 aromatic carbocycles. The molecule has 0 aromatic heterocycles. The first-order chi connectivity index (χ1) is 8.34. The van der Waals surface area contributed by atoms with E-state index in [1.165, 1.54) is 50.5 Å². The molecule has 1 aromatic rings. The minimum Gasteiger partial charge on any atom is -0.340 e. The smallest absolute Gasteiger partial charge is 0.101 e. The number of benzene rings is 1. The summed E-state index contributed by atoms with van der Waals surface area (Å²) in [6.07, 6.45) is 9.95. The zero-order valence-electron chi connectivity index (χ0n) is 10.5. The molecule has 2 rings (SSSR count). The highest BCUT2D eigenvalue weighted by Crippen LogP contribution is 2.15. The summed E-state index contributed by atoms with van der Waals surface area (Å²) in [4.78, 5) is 0. The Kier molecular flexibility index (Phi) is 5.34. The van der Waals surface area contributed by atoms with Gasteiger partial charge in [-0.3, -0.25) is 0 Å². The van der Waals surface area contributed by atoms with E-state index in [0.29, 0.717) is 0 Å². The van der Waals surface area contributed by atoms with Crippen molar-refractivity contribution in [3.05, 3.63) is 34.9 Å². The van der Waals surface area contributed by atoms with Gasteiger partial charge in [-0.2, -0.15) is 0 Å². The van der Waals surface area contributed by atoms with Gasteiger partial charge in [-0.25, -0.2) is 0 Å². The van der Waals surface area contributed by atoms with E-state index < -0.39 is 0 Å². The molecule has 1 nitrogen and oxygen atoms in total. The molecule has 2 N–H and O–H groups in total. The maximum absolute atomic E-state index is 5.89. The maximum Gasteiger partial charge on any atom is 0.101 e. The molecule has 2 heteroatoms. The third-order valence-electron chi connectivity index (χ3n) is 3.75. The molecule has 0 radical (unpaired) electrons. The standard InChI is InChI=1S/C15H22ClN/c16-14-10-8-13(9-11-14)12-17-15-6-4-2-1-3-5-7-15/h8-11,15,17H,1-7,12H2/p+1. The minimum absolute atomic E-state index is 0.833. The van der Waals surface area contributed by atoms with Crippen molar-refractivity contribution in [2.45, 2.75) is 57.5 Å². The van der Waals surface area contributed by atoms with Crippen LogP contribution in [0.4, 0.5) is 0 Å². The van der Waals surface area contributed by atoms with Crippen molar-refractivity contribution in [2.24, 2.45) is 0 Å². The van der Waals surface area contributed by atoms with Gasteiger partial charge in [0.15, 0.2) is 0 Å². The fraction of sp³-hybridized carbons (Fsp3) is 0.600. The van der Waals surface area contributed by atoms with Gasteiger partial charge < -0.3 is 5.32 Å². The highest BCUT2D eigenvalue weighted by atomic mass is 35.5. The number of halogens is 1. The fourth-order valence-electron chi connectivity index (χ4n) is 2.65. The molecule has 0 aliphatic heterocycles. The van der Waals surface area contributed by atoms with Crippen molar-refractivity contribution in [3.8, 4) is 0 Å². The summed E-state index contributed by atoms with van der Waals surface area (Å²) in [6.45, 7) is 1.10. The Bertz CT molecular complexity index is 312. The second-order valence-corrected chi connectivity index (χ2v) is 5.61. The van der Waals surface area contributed by atoms with Crippen LogP contribution in [0.3, 0.4) is 0 Å². The number of hydrogen-bond acceptors (Lipinski definition) is 0. The molecule has 0 amide bonds. The number of hydrogen-bond donors (Lipinski definition) is 1. The molecule has 1 aliphatic rings. The quantitative estimate of drug-likeness (QED) is 0.848. The van der Waals surface area contributed by atoms with E-state index in [4.69, 9.17) is 11.6 Å². The third-order valence-corrected chi connectivity index (χ3v) is 4.00. The van der Waals surface area contributed by atoms with Gasteiger partial charge in [-0.1, -0.05) is 43.0 Å². The van der Waals surface area contributed by atoms with Crippen LogP contribution in [-0.4, -0.2) is 6.04 Å². The first kappa shape index (κ1) is 12.9. The van der Waals surface area contributed by atoms with Gasteiger partial charge in [0, 0.05) is 10.6 Å². The lowest BCUT2D eigenvalue weighted by molar-refractivity contribution is -0.706. The van der Waals surface area contributed by atoms with Crippen LogP contribution in [0.2, 0.25) is 5.02 Å². The van der Waals surface area contributed by atoms with Crippen LogP contribution in [-0.2, 0) is 6.54 Å². The molecule has 0 bridgehead atoms. The Labute approximate surface area is 110 Å². The molecule has 0 atom stereocenters. The molecular weight excluding hydrogens is 230 g/mol. The molecule has 94 valence electrons. The molecule has 17 heavy (non-hydrogen) atoms. The molecule has 1 aliphatic carbocycles. The summed E-state index contributed by atoms with van der Waals surface area (Å²) >= 11 is 5.89. The lowest BCUT2D eigenvalue weighted by atomic mass is 9.96. The van der Waals surface area contributed by atoms with E-state index in [0.717, 1.165) is 17.6 Å². The van der Waals surface area contributed by atoms with E-state index in [-0.39, 0.29) is 0 Å². The molecular formula is C15H23ClN+. The fourth-order valence-corrected chi connectivity index (χ4v) is 2.77. The first-order valence-electron chi connectivity index (χ1n) is 6.92. The molecule has 0 saturated heterocycles. The van der Waals surface area contributed by atoms with Crippen LogP contribution in [0.25, 0.3) is 0 Å². The van der Waals surface area contributed by atoms with E-state index in [1.807, 2.05) is 12.1 Å². The summed E-state index contributed by atoms with van der Waals surface area (Å²) in [5.41, 5.74) is 1.39. The van der Waals surface area contributed by atoms with Gasteiger partial charge in [0.2, 0.25) is 0 Å². The Morgan fingerprint density at radius 3 is 2.18 bits per heavy atom. The Hall–Kier alpha value is -0.530. The third kappa shape index (κ3) is 4.69. The van der Waals surface area contributed by atoms with Crippen LogP contribution in [0.15, 0.2) is 24.3 Å². The van der Waals surface area contributed by atoms with Crippen LogP contribution >= 0.6 is 11.6 Å². The summed E-state index contributed by atoms with van der Waals surface area (Å²) in [7, 11) is 0. The zero-order chi connectivity index (χ0) is 11.9. The number of quaternary nitrogens is 1. The lowest BCUT2D eigenvalue weighted by Gasteiger charge is -2.18. The molecule has 0 spiro atoms. The lowest BCUT2D eigenvalue weighted by Crippen LogP contribution is -2.88. The Morgan fingerprint density at radius 1 is 0.941 bits per heavy atom. The van der Waals surface area contributed by atoms with Crippen molar-refractivity contribution in [3.63, 3.8) is 0 Å². The predicted molar refractivity (Wildman–Crippen MR) is 73.2 cm³/mol. The van der Waals surface area contributed by atoms with Crippen LogP contribution in [0.5, 0.6) is 0 Å². The maximum atomic E-state index is 5.89. The van der Waals surface area contributed by atoms with Crippen LogP contribution in [0.1, 0.15) is 50.5 Å². The van der Waals surface area contributed by atoms with E-state index >= 15 is 0 Å². The highest BCUT2D eigenvalue weighted by Gasteiger charge is 2.13. The normalized spacial score (nSPS) is 18.6. The van der Waals surface area contributed by atoms with Crippen LogP contribution < -0.4 is 5.32 Å². The van der Waals surface area contributed by atoms with Gasteiger partial charge in [0.25, 0.3) is 0 Å². The monoisotopic (exact) mass is 252 g/mol. The van der Waals surface area contributed by atoms with E-state index in [9.17, 15) is 0 Å². The average Bonchev–Trinajstić information content (AvgIpc) is 2.30. The molecule has 0 heterocycles. The van der Waals surface area contributed by atoms with Crippen LogP contribution in [0, 0.1) is 0 Å². The Balaban J connectivity index is 1.77. The van der Waals surface area contributed by atoms with E-state index in [1.54, 1.807) is 0 Å². The van der Waals surface area contributed by atoms with Crippen molar-refractivity contribution in [1.29, 1.82) is 0 Å². The van der Waals surface area contributed by atoms with E-state index in [2.05, 4.69) is 17.4 Å². The minimum atomic E-state index is 0.833. The highest BCUT2D eigenvalue weighted by molar-refractivity contribution is 6.30.